The monoisotopic (exact) mass is 239 g/mol. The normalized spacial score (nSPS) is 13.9. The summed E-state index contributed by atoms with van der Waals surface area (Å²) in [6.45, 7) is 6.64. The van der Waals surface area contributed by atoms with Crippen molar-refractivity contribution in [3.05, 3.63) is 35.9 Å². The first-order chi connectivity index (χ1) is 7.24. The molecule has 0 fully saturated rings. The van der Waals surface area contributed by atoms with Crippen LogP contribution in [0.2, 0.25) is 0 Å². The molecule has 1 aromatic rings. The fraction of sp³-hybridized carbons (Fsp3) is 0.417. The van der Waals surface area contributed by atoms with E-state index in [9.17, 15) is 8.42 Å². The SMILES string of the molecule is C/C(=N\S(=O)(=O)C(C)(C)C)c1ccccc1. The van der Waals surface area contributed by atoms with Gasteiger partial charge in [0, 0.05) is 0 Å². The summed E-state index contributed by atoms with van der Waals surface area (Å²) in [6, 6.07) is 9.29. The molecule has 0 saturated carbocycles. The lowest BCUT2D eigenvalue weighted by atomic mass is 10.1. The van der Waals surface area contributed by atoms with Crippen molar-refractivity contribution in [3.8, 4) is 0 Å². The Morgan fingerprint density at radius 2 is 1.62 bits per heavy atom. The van der Waals surface area contributed by atoms with Gasteiger partial charge in [-0.2, -0.15) is 4.40 Å². The van der Waals surface area contributed by atoms with Crippen LogP contribution in [0.1, 0.15) is 33.3 Å². The van der Waals surface area contributed by atoms with Gasteiger partial charge in [0.05, 0.1) is 10.5 Å². The zero-order chi connectivity index (χ0) is 12.4. The molecule has 16 heavy (non-hydrogen) atoms. The summed E-state index contributed by atoms with van der Waals surface area (Å²) in [5, 5.41) is 0. The van der Waals surface area contributed by atoms with Crippen molar-refractivity contribution in [2.75, 3.05) is 0 Å². The summed E-state index contributed by atoms with van der Waals surface area (Å²) in [5.74, 6) is 0. The Morgan fingerprint density at radius 1 is 1.12 bits per heavy atom. The Morgan fingerprint density at radius 3 is 2.06 bits per heavy atom. The highest BCUT2D eigenvalue weighted by Gasteiger charge is 2.28. The van der Waals surface area contributed by atoms with Gasteiger partial charge in [0.1, 0.15) is 0 Å². The lowest BCUT2D eigenvalue weighted by Gasteiger charge is -2.15. The first-order valence-electron chi connectivity index (χ1n) is 5.10. The molecule has 0 heterocycles. The predicted octanol–water partition coefficient (Wildman–Crippen LogP) is 2.62. The molecule has 0 atom stereocenters. The molecule has 4 heteroatoms. The van der Waals surface area contributed by atoms with Crippen LogP contribution in [0.4, 0.5) is 0 Å². The lowest BCUT2D eigenvalue weighted by Crippen LogP contribution is -2.26. The lowest BCUT2D eigenvalue weighted by molar-refractivity contribution is 0.562. The van der Waals surface area contributed by atoms with Crippen LogP contribution in [0.3, 0.4) is 0 Å². The summed E-state index contributed by atoms with van der Waals surface area (Å²) >= 11 is 0. The fourth-order valence-corrected chi connectivity index (χ4v) is 1.79. The molecule has 0 radical (unpaired) electrons. The fourth-order valence-electron chi connectivity index (χ4n) is 1.05. The highest BCUT2D eigenvalue weighted by atomic mass is 32.2. The molecule has 3 nitrogen and oxygen atoms in total. The Kier molecular flexibility index (Phi) is 3.53. The van der Waals surface area contributed by atoms with Crippen molar-refractivity contribution in [1.82, 2.24) is 0 Å². The number of hydrogen-bond donors (Lipinski definition) is 0. The van der Waals surface area contributed by atoms with Crippen molar-refractivity contribution in [3.63, 3.8) is 0 Å². The Hall–Kier alpha value is -1.16. The zero-order valence-corrected chi connectivity index (χ0v) is 10.9. The van der Waals surface area contributed by atoms with Crippen LogP contribution in [-0.2, 0) is 10.0 Å². The molecule has 0 spiro atoms. The van der Waals surface area contributed by atoms with Crippen LogP contribution < -0.4 is 0 Å². The molecular formula is C12H17NO2S. The van der Waals surface area contributed by atoms with Crippen molar-refractivity contribution in [1.29, 1.82) is 0 Å². The van der Waals surface area contributed by atoms with E-state index < -0.39 is 14.8 Å². The Balaban J connectivity index is 3.13. The molecule has 88 valence electrons. The molecule has 0 unspecified atom stereocenters. The molecule has 0 aromatic heterocycles. The predicted molar refractivity (Wildman–Crippen MR) is 67.3 cm³/mol. The molecule has 0 bridgehead atoms. The van der Waals surface area contributed by atoms with E-state index in [4.69, 9.17) is 0 Å². The average Bonchev–Trinajstić information content (AvgIpc) is 2.16. The smallest absolute Gasteiger partial charge is 0.204 e. The number of benzene rings is 1. The number of hydrogen-bond acceptors (Lipinski definition) is 2. The summed E-state index contributed by atoms with van der Waals surface area (Å²) in [7, 11) is -3.46. The second-order valence-corrected chi connectivity index (χ2v) is 6.99. The van der Waals surface area contributed by atoms with Crippen LogP contribution >= 0.6 is 0 Å². The minimum atomic E-state index is -3.46. The van der Waals surface area contributed by atoms with Crippen LogP contribution in [0.25, 0.3) is 0 Å². The average molecular weight is 239 g/mol. The van der Waals surface area contributed by atoms with Crippen LogP contribution in [0, 0.1) is 0 Å². The van der Waals surface area contributed by atoms with Gasteiger partial charge in [0.2, 0.25) is 0 Å². The van der Waals surface area contributed by atoms with Crippen molar-refractivity contribution < 1.29 is 8.42 Å². The summed E-state index contributed by atoms with van der Waals surface area (Å²) in [4.78, 5) is 0. The third-order valence-corrected chi connectivity index (χ3v) is 4.28. The van der Waals surface area contributed by atoms with Crippen LogP contribution in [0.5, 0.6) is 0 Å². The van der Waals surface area contributed by atoms with Crippen molar-refractivity contribution in [2.24, 2.45) is 4.40 Å². The number of nitrogens with zero attached hydrogens (tertiary/aromatic N) is 1. The Bertz CT molecular complexity index is 482. The number of sulfonamides is 1. The van der Waals surface area contributed by atoms with E-state index in [2.05, 4.69) is 4.40 Å². The minimum absolute atomic E-state index is 0.524. The zero-order valence-electron chi connectivity index (χ0n) is 10.1. The van der Waals surface area contributed by atoms with Gasteiger partial charge < -0.3 is 0 Å². The first kappa shape index (κ1) is 12.9. The van der Waals surface area contributed by atoms with Crippen molar-refractivity contribution >= 4 is 15.7 Å². The highest BCUT2D eigenvalue weighted by Crippen LogP contribution is 2.18. The van der Waals surface area contributed by atoms with Gasteiger partial charge >= 0.3 is 0 Å². The summed E-state index contributed by atoms with van der Waals surface area (Å²) in [6.07, 6.45) is 0. The molecule has 1 rings (SSSR count). The third-order valence-electron chi connectivity index (χ3n) is 2.22. The van der Waals surface area contributed by atoms with E-state index in [0.29, 0.717) is 5.71 Å². The van der Waals surface area contributed by atoms with E-state index in [1.807, 2.05) is 30.3 Å². The molecule has 0 saturated heterocycles. The molecular weight excluding hydrogens is 222 g/mol. The van der Waals surface area contributed by atoms with Crippen molar-refractivity contribution in [2.45, 2.75) is 32.4 Å². The first-order valence-corrected chi connectivity index (χ1v) is 6.54. The third kappa shape index (κ3) is 2.92. The van der Waals surface area contributed by atoms with E-state index >= 15 is 0 Å². The van der Waals surface area contributed by atoms with Gasteiger partial charge in [-0.05, 0) is 33.3 Å². The van der Waals surface area contributed by atoms with E-state index in [0.717, 1.165) is 5.56 Å². The van der Waals surface area contributed by atoms with Crippen LogP contribution in [-0.4, -0.2) is 18.9 Å². The summed E-state index contributed by atoms with van der Waals surface area (Å²) in [5.41, 5.74) is 1.35. The largest absolute Gasteiger partial charge is 0.258 e. The maximum atomic E-state index is 11.8. The van der Waals surface area contributed by atoms with E-state index in [1.54, 1.807) is 27.7 Å². The highest BCUT2D eigenvalue weighted by molar-refractivity contribution is 7.91. The van der Waals surface area contributed by atoms with Gasteiger partial charge in [0.15, 0.2) is 0 Å². The van der Waals surface area contributed by atoms with E-state index in [1.165, 1.54) is 0 Å². The second kappa shape index (κ2) is 4.37. The van der Waals surface area contributed by atoms with E-state index in [-0.39, 0.29) is 0 Å². The van der Waals surface area contributed by atoms with Gasteiger partial charge in [-0.1, -0.05) is 30.3 Å². The minimum Gasteiger partial charge on any atom is -0.204 e. The topological polar surface area (TPSA) is 46.5 Å². The quantitative estimate of drug-likeness (QED) is 0.745. The summed E-state index contributed by atoms with van der Waals surface area (Å²) < 4.78 is 26.7. The van der Waals surface area contributed by atoms with Gasteiger partial charge in [-0.15, -0.1) is 0 Å². The Labute approximate surface area is 97.3 Å². The van der Waals surface area contributed by atoms with Gasteiger partial charge in [-0.25, -0.2) is 8.42 Å². The molecule has 0 aliphatic heterocycles. The molecule has 1 aromatic carbocycles. The molecule has 0 aliphatic carbocycles. The van der Waals surface area contributed by atoms with Gasteiger partial charge in [0.25, 0.3) is 10.0 Å². The van der Waals surface area contributed by atoms with Gasteiger partial charge in [-0.3, -0.25) is 0 Å². The molecule has 0 aliphatic rings. The maximum Gasteiger partial charge on any atom is 0.258 e. The standard InChI is InChI=1S/C12H17NO2S/c1-10(11-8-6-5-7-9-11)13-16(14,15)12(2,3)4/h5-9H,1-4H3/b13-10+. The maximum absolute atomic E-state index is 11.8. The molecule has 0 amide bonds. The second-order valence-electron chi connectivity index (χ2n) is 4.63. The molecule has 0 N–H and O–H groups in total. The number of rotatable bonds is 2. The van der Waals surface area contributed by atoms with Crippen LogP contribution in [0.15, 0.2) is 34.7 Å².